The lowest BCUT2D eigenvalue weighted by molar-refractivity contribution is -0.127. The van der Waals surface area contributed by atoms with Crippen LogP contribution in [0.3, 0.4) is 0 Å². The van der Waals surface area contributed by atoms with Crippen LogP contribution in [0.25, 0.3) is 0 Å². The summed E-state index contributed by atoms with van der Waals surface area (Å²) in [6.45, 7) is 1.61. The molecule has 0 saturated heterocycles. The fraction of sp³-hybridized carbons (Fsp3) is 0.529. The fourth-order valence-corrected chi connectivity index (χ4v) is 3.82. The van der Waals surface area contributed by atoms with Crippen molar-refractivity contribution < 1.29 is 14.3 Å². The molecule has 0 spiro atoms. The molecule has 0 unspecified atom stereocenters. The van der Waals surface area contributed by atoms with E-state index < -0.39 is 12.1 Å². The number of aryl methyl sites for hydroxylation is 1. The van der Waals surface area contributed by atoms with Crippen molar-refractivity contribution in [3.05, 3.63) is 29.5 Å². The van der Waals surface area contributed by atoms with Crippen molar-refractivity contribution in [2.45, 2.75) is 51.2 Å². The van der Waals surface area contributed by atoms with Crippen LogP contribution >= 0.6 is 11.3 Å². The second-order valence-electron chi connectivity index (χ2n) is 6.26. The molecule has 0 bridgehead atoms. The van der Waals surface area contributed by atoms with Crippen molar-refractivity contribution in [3.8, 4) is 0 Å². The zero-order chi connectivity index (χ0) is 17.8. The first kappa shape index (κ1) is 17.6. The Labute approximate surface area is 150 Å². The van der Waals surface area contributed by atoms with Crippen molar-refractivity contribution in [2.75, 3.05) is 4.90 Å². The summed E-state index contributed by atoms with van der Waals surface area (Å²) in [5.74, 6) is -0.768. The van der Waals surface area contributed by atoms with E-state index in [1.165, 1.54) is 28.6 Å². The molecular weight excluding hydrogens is 340 g/mol. The highest BCUT2D eigenvalue weighted by molar-refractivity contribution is 7.13. The molecule has 1 fully saturated rings. The summed E-state index contributed by atoms with van der Waals surface area (Å²) in [6.07, 6.45) is 9.12. The maximum atomic E-state index is 13.0. The number of hydrogen-bond acceptors (Lipinski definition) is 6. The molecule has 2 aromatic rings. The van der Waals surface area contributed by atoms with Gasteiger partial charge in [-0.3, -0.25) is 14.4 Å². The van der Waals surface area contributed by atoms with Gasteiger partial charge in [-0.15, -0.1) is 11.3 Å². The quantitative estimate of drug-likeness (QED) is 0.765. The molecule has 134 valence electrons. The Morgan fingerprint density at radius 1 is 1.36 bits per heavy atom. The average molecular weight is 362 g/mol. The predicted molar refractivity (Wildman–Crippen MR) is 94.6 cm³/mol. The number of aromatic nitrogens is 3. The standard InChI is InChI=1S/C17H22N4O3S/c1-12(24-16(23)13-10-19-20(2)11-13)15(22)21(17-18-8-9-25-17)14-6-4-3-5-7-14/h8-12,14H,3-7H2,1-2H3/t12-/m0/s1. The Hall–Kier alpha value is -2.22. The Morgan fingerprint density at radius 3 is 2.72 bits per heavy atom. The van der Waals surface area contributed by atoms with Gasteiger partial charge in [-0.1, -0.05) is 19.3 Å². The topological polar surface area (TPSA) is 77.3 Å². The minimum absolute atomic E-state index is 0.118. The van der Waals surface area contributed by atoms with E-state index in [0.717, 1.165) is 25.7 Å². The van der Waals surface area contributed by atoms with Gasteiger partial charge in [0.25, 0.3) is 5.91 Å². The Kier molecular flexibility index (Phi) is 5.47. The maximum absolute atomic E-state index is 13.0. The molecule has 2 aromatic heterocycles. The lowest BCUT2D eigenvalue weighted by Gasteiger charge is -2.33. The van der Waals surface area contributed by atoms with Gasteiger partial charge in [0.05, 0.1) is 11.8 Å². The molecule has 0 aromatic carbocycles. The second-order valence-corrected chi connectivity index (χ2v) is 7.14. The van der Waals surface area contributed by atoms with Crippen molar-refractivity contribution in [3.63, 3.8) is 0 Å². The molecule has 1 aliphatic rings. The minimum Gasteiger partial charge on any atom is -0.449 e. The van der Waals surface area contributed by atoms with Gasteiger partial charge < -0.3 is 4.74 Å². The Morgan fingerprint density at radius 2 is 2.12 bits per heavy atom. The number of ether oxygens (including phenoxy) is 1. The van der Waals surface area contributed by atoms with Crippen LogP contribution in [0.5, 0.6) is 0 Å². The molecule has 1 saturated carbocycles. The molecular formula is C17H22N4O3S. The molecule has 1 atom stereocenters. The third-order valence-corrected chi connectivity index (χ3v) is 5.15. The zero-order valence-corrected chi connectivity index (χ0v) is 15.2. The lowest BCUT2D eigenvalue weighted by atomic mass is 9.94. The number of amides is 1. The molecule has 2 heterocycles. The van der Waals surface area contributed by atoms with Gasteiger partial charge in [0.15, 0.2) is 11.2 Å². The number of hydrogen-bond donors (Lipinski definition) is 0. The minimum atomic E-state index is -0.876. The summed E-state index contributed by atoms with van der Waals surface area (Å²) in [5, 5.41) is 6.47. The SMILES string of the molecule is C[C@H](OC(=O)c1cnn(C)c1)C(=O)N(c1nccs1)C1CCCCC1. The van der Waals surface area contributed by atoms with Crippen LogP contribution in [-0.4, -0.2) is 38.8 Å². The van der Waals surface area contributed by atoms with E-state index in [0.29, 0.717) is 10.7 Å². The lowest BCUT2D eigenvalue weighted by Crippen LogP contribution is -2.47. The molecule has 0 N–H and O–H groups in total. The van der Waals surface area contributed by atoms with Crippen LogP contribution in [0.4, 0.5) is 5.13 Å². The monoisotopic (exact) mass is 362 g/mol. The van der Waals surface area contributed by atoms with E-state index in [-0.39, 0.29) is 11.9 Å². The van der Waals surface area contributed by atoms with Crippen LogP contribution in [0.1, 0.15) is 49.4 Å². The van der Waals surface area contributed by atoms with E-state index in [1.807, 2.05) is 5.38 Å². The summed E-state index contributed by atoms with van der Waals surface area (Å²) in [5.41, 5.74) is 0.334. The molecule has 1 amide bonds. The smallest absolute Gasteiger partial charge is 0.342 e. The third-order valence-electron chi connectivity index (χ3n) is 4.37. The normalized spacial score (nSPS) is 16.4. The van der Waals surface area contributed by atoms with Crippen molar-refractivity contribution in [2.24, 2.45) is 7.05 Å². The summed E-state index contributed by atoms with van der Waals surface area (Å²) < 4.78 is 6.90. The highest BCUT2D eigenvalue weighted by Gasteiger charge is 2.33. The molecule has 0 aliphatic heterocycles. The number of anilines is 1. The van der Waals surface area contributed by atoms with Gasteiger partial charge >= 0.3 is 5.97 Å². The molecule has 3 rings (SSSR count). The summed E-state index contributed by atoms with van der Waals surface area (Å²) in [6, 6.07) is 0.118. The number of carbonyl (C=O) groups is 2. The van der Waals surface area contributed by atoms with Crippen LogP contribution in [0, 0.1) is 0 Å². The first-order valence-corrected chi connectivity index (χ1v) is 9.36. The third kappa shape index (κ3) is 4.07. The van der Waals surface area contributed by atoms with E-state index in [2.05, 4.69) is 10.1 Å². The number of nitrogens with zero attached hydrogens (tertiary/aromatic N) is 4. The van der Waals surface area contributed by atoms with Gasteiger partial charge in [0.2, 0.25) is 0 Å². The van der Waals surface area contributed by atoms with E-state index in [4.69, 9.17) is 4.74 Å². The molecule has 7 nitrogen and oxygen atoms in total. The number of thiazole rings is 1. The Balaban J connectivity index is 1.73. The number of rotatable bonds is 5. The van der Waals surface area contributed by atoms with Crippen LogP contribution < -0.4 is 4.90 Å². The van der Waals surface area contributed by atoms with E-state index >= 15 is 0 Å². The van der Waals surface area contributed by atoms with E-state index in [9.17, 15) is 9.59 Å². The number of carbonyl (C=O) groups excluding carboxylic acids is 2. The number of esters is 1. The molecule has 25 heavy (non-hydrogen) atoms. The second kappa shape index (κ2) is 7.77. The fourth-order valence-electron chi connectivity index (χ4n) is 3.11. The van der Waals surface area contributed by atoms with Crippen molar-refractivity contribution >= 4 is 28.3 Å². The highest BCUT2D eigenvalue weighted by Crippen LogP contribution is 2.29. The van der Waals surface area contributed by atoms with Gasteiger partial charge in [-0.25, -0.2) is 9.78 Å². The maximum Gasteiger partial charge on any atom is 0.342 e. The first-order chi connectivity index (χ1) is 12.1. The Bertz CT molecular complexity index is 722. The molecule has 0 radical (unpaired) electrons. The van der Waals surface area contributed by atoms with Gasteiger partial charge in [-0.05, 0) is 19.8 Å². The zero-order valence-electron chi connectivity index (χ0n) is 14.4. The van der Waals surface area contributed by atoms with Gasteiger partial charge in [-0.2, -0.15) is 5.10 Å². The first-order valence-electron chi connectivity index (χ1n) is 8.48. The van der Waals surface area contributed by atoms with Gasteiger partial charge in [0, 0.05) is 30.9 Å². The van der Waals surface area contributed by atoms with Crippen LogP contribution in [0.2, 0.25) is 0 Å². The summed E-state index contributed by atoms with van der Waals surface area (Å²) in [4.78, 5) is 31.2. The summed E-state index contributed by atoms with van der Waals surface area (Å²) in [7, 11) is 1.72. The highest BCUT2D eigenvalue weighted by atomic mass is 32.1. The average Bonchev–Trinajstić information content (AvgIpc) is 3.28. The van der Waals surface area contributed by atoms with Crippen molar-refractivity contribution in [1.82, 2.24) is 14.8 Å². The molecule has 8 heteroatoms. The van der Waals surface area contributed by atoms with Crippen LogP contribution in [0.15, 0.2) is 24.0 Å². The largest absolute Gasteiger partial charge is 0.449 e. The van der Waals surface area contributed by atoms with Gasteiger partial charge in [0.1, 0.15) is 0 Å². The van der Waals surface area contributed by atoms with Crippen LogP contribution in [-0.2, 0) is 16.6 Å². The predicted octanol–water partition coefficient (Wildman–Crippen LogP) is 2.79. The molecule has 1 aliphatic carbocycles. The van der Waals surface area contributed by atoms with Crippen molar-refractivity contribution in [1.29, 1.82) is 0 Å². The summed E-state index contributed by atoms with van der Waals surface area (Å²) >= 11 is 1.43. The van der Waals surface area contributed by atoms with E-state index in [1.54, 1.807) is 31.3 Å².